The van der Waals surface area contributed by atoms with E-state index in [0.717, 1.165) is 0 Å². The van der Waals surface area contributed by atoms with Gasteiger partial charge in [-0.05, 0) is 24.4 Å². The van der Waals surface area contributed by atoms with E-state index >= 15 is 0 Å². The van der Waals surface area contributed by atoms with Gasteiger partial charge in [-0.1, -0.05) is 12.1 Å². The van der Waals surface area contributed by atoms with Gasteiger partial charge in [0, 0.05) is 11.5 Å². The molecule has 1 aromatic carbocycles. The molecule has 0 atom stereocenters. The molecule has 0 fully saturated rings. The Kier molecular flexibility index (Phi) is 2.39. The first-order valence-corrected chi connectivity index (χ1v) is 4.60. The van der Waals surface area contributed by atoms with Crippen LogP contribution in [0.25, 0.3) is 11.0 Å². The first-order valence-electron chi connectivity index (χ1n) is 4.19. The number of hydrogen-bond donors (Lipinski definition) is 2. The zero-order chi connectivity index (χ0) is 10.8. The third kappa shape index (κ3) is 1.97. The molecular weight excluding hydrogens is 214 g/mol. The van der Waals surface area contributed by atoms with Crippen molar-refractivity contribution in [2.24, 2.45) is 0 Å². The molecule has 0 saturated carbocycles. The van der Waals surface area contributed by atoms with Gasteiger partial charge in [-0.3, -0.25) is 5.32 Å². The van der Waals surface area contributed by atoms with E-state index in [2.05, 4.69) is 5.32 Å². The van der Waals surface area contributed by atoms with Crippen molar-refractivity contribution < 1.29 is 14.3 Å². The summed E-state index contributed by atoms with van der Waals surface area (Å²) in [5.41, 5.74) is 1.00. The third-order valence-corrected chi connectivity index (χ3v) is 2.09. The molecule has 0 saturated heterocycles. The van der Waals surface area contributed by atoms with Gasteiger partial charge in [0.15, 0.2) is 4.71 Å². The van der Waals surface area contributed by atoms with Crippen LogP contribution < -0.4 is 5.32 Å². The molecule has 0 aliphatic rings. The van der Waals surface area contributed by atoms with Crippen LogP contribution in [0.4, 0.5) is 10.5 Å². The van der Waals surface area contributed by atoms with Crippen LogP contribution in [-0.2, 0) is 0 Å². The lowest BCUT2D eigenvalue weighted by molar-refractivity contribution is 0.210. The van der Waals surface area contributed by atoms with E-state index in [4.69, 9.17) is 21.7 Å². The topological polar surface area (TPSA) is 62.5 Å². The maximum absolute atomic E-state index is 10.5. The summed E-state index contributed by atoms with van der Waals surface area (Å²) in [5.74, 6) is 0. The van der Waals surface area contributed by atoms with Gasteiger partial charge in [0.25, 0.3) is 0 Å². The maximum Gasteiger partial charge on any atom is 0.409 e. The first-order chi connectivity index (χ1) is 7.16. The van der Waals surface area contributed by atoms with Crippen molar-refractivity contribution in [2.75, 3.05) is 5.32 Å². The minimum atomic E-state index is -1.12. The SMILES string of the molecule is O=C(O)Nc1cc(=S)oc2ccccc12. The van der Waals surface area contributed by atoms with Gasteiger partial charge in [-0.2, -0.15) is 0 Å². The number of carboxylic acid groups (broad SMARTS) is 1. The largest absolute Gasteiger partial charge is 0.465 e. The minimum absolute atomic E-state index is 0.248. The Balaban J connectivity index is 2.71. The molecule has 2 N–H and O–H groups in total. The number of anilines is 1. The quantitative estimate of drug-likeness (QED) is 0.725. The molecule has 1 aromatic heterocycles. The van der Waals surface area contributed by atoms with Gasteiger partial charge < -0.3 is 9.52 Å². The van der Waals surface area contributed by atoms with Crippen LogP contribution in [0, 0.1) is 4.71 Å². The highest BCUT2D eigenvalue weighted by Gasteiger charge is 2.05. The highest BCUT2D eigenvalue weighted by Crippen LogP contribution is 2.23. The second-order valence-electron chi connectivity index (χ2n) is 2.91. The van der Waals surface area contributed by atoms with Crippen LogP contribution in [0.2, 0.25) is 0 Å². The van der Waals surface area contributed by atoms with Gasteiger partial charge in [-0.15, -0.1) is 0 Å². The third-order valence-electron chi connectivity index (χ3n) is 1.89. The lowest BCUT2D eigenvalue weighted by Crippen LogP contribution is -2.07. The highest BCUT2D eigenvalue weighted by atomic mass is 32.1. The molecule has 0 radical (unpaired) electrons. The van der Waals surface area contributed by atoms with Crippen LogP contribution in [-0.4, -0.2) is 11.2 Å². The molecule has 0 spiro atoms. The molecule has 1 heterocycles. The van der Waals surface area contributed by atoms with Crippen molar-refractivity contribution in [1.29, 1.82) is 0 Å². The summed E-state index contributed by atoms with van der Waals surface area (Å²) in [6.45, 7) is 0. The molecule has 4 nitrogen and oxygen atoms in total. The normalized spacial score (nSPS) is 10.1. The van der Waals surface area contributed by atoms with Crippen LogP contribution in [0.5, 0.6) is 0 Å². The predicted molar refractivity (Wildman–Crippen MR) is 58.7 cm³/mol. The van der Waals surface area contributed by atoms with Crippen LogP contribution in [0.1, 0.15) is 0 Å². The van der Waals surface area contributed by atoms with Crippen molar-refractivity contribution in [3.05, 3.63) is 35.0 Å². The Hall–Kier alpha value is -1.88. The molecule has 1 amide bonds. The van der Waals surface area contributed by atoms with E-state index in [1.165, 1.54) is 6.07 Å². The molecule has 15 heavy (non-hydrogen) atoms. The Morgan fingerprint density at radius 1 is 1.40 bits per heavy atom. The molecule has 0 aliphatic carbocycles. The molecule has 0 aliphatic heterocycles. The molecule has 2 rings (SSSR count). The Morgan fingerprint density at radius 3 is 2.87 bits per heavy atom. The fraction of sp³-hybridized carbons (Fsp3) is 0. The minimum Gasteiger partial charge on any atom is -0.465 e. The Morgan fingerprint density at radius 2 is 2.13 bits per heavy atom. The summed E-state index contributed by atoms with van der Waals surface area (Å²) in [4.78, 5) is 10.5. The number of benzene rings is 1. The fourth-order valence-electron chi connectivity index (χ4n) is 1.33. The zero-order valence-electron chi connectivity index (χ0n) is 7.56. The highest BCUT2D eigenvalue weighted by molar-refractivity contribution is 7.71. The van der Waals surface area contributed by atoms with E-state index in [-0.39, 0.29) is 4.71 Å². The number of nitrogens with one attached hydrogen (secondary N) is 1. The van der Waals surface area contributed by atoms with E-state index in [0.29, 0.717) is 16.7 Å². The van der Waals surface area contributed by atoms with Crippen molar-refractivity contribution in [2.45, 2.75) is 0 Å². The maximum atomic E-state index is 10.5. The number of rotatable bonds is 1. The second kappa shape index (κ2) is 3.70. The summed E-state index contributed by atoms with van der Waals surface area (Å²) in [6.07, 6.45) is -1.12. The van der Waals surface area contributed by atoms with Crippen molar-refractivity contribution in [3.63, 3.8) is 0 Å². The number of fused-ring (bicyclic) bond motifs is 1. The summed E-state index contributed by atoms with van der Waals surface area (Å²) in [5, 5.41) is 11.6. The number of para-hydroxylation sites is 1. The smallest absolute Gasteiger partial charge is 0.409 e. The zero-order valence-corrected chi connectivity index (χ0v) is 8.38. The number of carbonyl (C=O) groups is 1. The summed E-state index contributed by atoms with van der Waals surface area (Å²) in [6, 6.07) is 8.57. The molecule has 5 heteroatoms. The second-order valence-corrected chi connectivity index (χ2v) is 3.31. The summed E-state index contributed by atoms with van der Waals surface area (Å²) < 4.78 is 5.51. The van der Waals surface area contributed by atoms with E-state index in [9.17, 15) is 4.79 Å². The van der Waals surface area contributed by atoms with E-state index < -0.39 is 6.09 Å². The van der Waals surface area contributed by atoms with E-state index in [1.807, 2.05) is 0 Å². The molecule has 76 valence electrons. The van der Waals surface area contributed by atoms with Crippen molar-refractivity contribution in [1.82, 2.24) is 0 Å². The van der Waals surface area contributed by atoms with Crippen LogP contribution in [0.3, 0.4) is 0 Å². The molecule has 0 bridgehead atoms. The van der Waals surface area contributed by atoms with Gasteiger partial charge in [0.1, 0.15) is 5.58 Å². The van der Waals surface area contributed by atoms with Crippen molar-refractivity contribution in [3.8, 4) is 0 Å². The van der Waals surface area contributed by atoms with Crippen molar-refractivity contribution >= 4 is 35.0 Å². The molecular formula is C10H7NO3S. The predicted octanol–water partition coefficient (Wildman–Crippen LogP) is 3.25. The van der Waals surface area contributed by atoms with E-state index in [1.54, 1.807) is 24.3 Å². The number of amides is 1. The summed E-state index contributed by atoms with van der Waals surface area (Å²) in [7, 11) is 0. The molecule has 2 aromatic rings. The monoisotopic (exact) mass is 221 g/mol. The average Bonchev–Trinajstić information content (AvgIpc) is 2.16. The van der Waals surface area contributed by atoms with Gasteiger partial charge in [0.05, 0.1) is 5.69 Å². The van der Waals surface area contributed by atoms with Crippen LogP contribution >= 0.6 is 12.2 Å². The van der Waals surface area contributed by atoms with Gasteiger partial charge in [-0.25, -0.2) is 4.79 Å². The van der Waals surface area contributed by atoms with Crippen LogP contribution in [0.15, 0.2) is 34.7 Å². The number of hydrogen-bond acceptors (Lipinski definition) is 3. The molecule has 0 unspecified atom stereocenters. The Bertz CT molecular complexity index is 576. The van der Waals surface area contributed by atoms with Gasteiger partial charge in [0.2, 0.25) is 0 Å². The fourth-order valence-corrected chi connectivity index (χ4v) is 1.54. The lowest BCUT2D eigenvalue weighted by Gasteiger charge is -2.04. The van der Waals surface area contributed by atoms with Gasteiger partial charge >= 0.3 is 6.09 Å². The standard InChI is InChI=1S/C10H7NO3S/c12-10(13)11-7-5-9(15)14-8-4-2-1-3-6(7)8/h1-5,11H,(H,12,13). The first kappa shape index (κ1) is 9.67. The Labute approximate surface area is 90.1 Å². The lowest BCUT2D eigenvalue weighted by atomic mass is 10.2. The average molecular weight is 221 g/mol. The summed E-state index contributed by atoms with van der Waals surface area (Å²) >= 11 is 4.88.